The minimum absolute atomic E-state index is 0.179. The predicted octanol–water partition coefficient (Wildman–Crippen LogP) is 3.51. The van der Waals surface area contributed by atoms with E-state index in [-0.39, 0.29) is 24.8 Å². The molecule has 2 aromatic rings. The number of anilines is 1. The van der Waals surface area contributed by atoms with Gasteiger partial charge in [0.25, 0.3) is 5.91 Å². The van der Waals surface area contributed by atoms with Crippen molar-refractivity contribution >= 4 is 11.6 Å². The molecule has 0 radical (unpaired) electrons. The molecule has 0 N–H and O–H groups in total. The Morgan fingerprint density at radius 2 is 1.87 bits per heavy atom. The second-order valence-electron chi connectivity index (χ2n) is 4.92. The Hall–Kier alpha value is -2.70. The van der Waals surface area contributed by atoms with Crippen LogP contribution in [0.1, 0.15) is 5.56 Å². The molecule has 4 nitrogen and oxygen atoms in total. The first-order valence-electron chi connectivity index (χ1n) is 6.79. The molecule has 0 spiro atoms. The summed E-state index contributed by atoms with van der Waals surface area (Å²) >= 11 is 0. The van der Waals surface area contributed by atoms with E-state index in [1.807, 2.05) is 0 Å². The zero-order valence-corrected chi connectivity index (χ0v) is 11.8. The van der Waals surface area contributed by atoms with Crippen molar-refractivity contribution in [2.75, 3.05) is 11.5 Å². The summed E-state index contributed by atoms with van der Waals surface area (Å²) in [6, 6.07) is 12.5. The molecule has 0 fully saturated rings. The fourth-order valence-electron chi connectivity index (χ4n) is 2.33. The summed E-state index contributed by atoms with van der Waals surface area (Å²) < 4.78 is 46.3. The van der Waals surface area contributed by atoms with Gasteiger partial charge in [-0.05, 0) is 18.2 Å². The monoisotopic (exact) mass is 323 g/mol. The summed E-state index contributed by atoms with van der Waals surface area (Å²) in [4.78, 5) is 13.6. The molecule has 0 aliphatic carbocycles. The summed E-state index contributed by atoms with van der Waals surface area (Å²) in [5, 5.41) is 0. The van der Waals surface area contributed by atoms with E-state index in [1.165, 1.54) is 23.1 Å². The van der Waals surface area contributed by atoms with Gasteiger partial charge in [0.15, 0.2) is 6.61 Å². The van der Waals surface area contributed by atoms with Gasteiger partial charge in [-0.2, -0.15) is 0 Å². The third-order valence-electron chi connectivity index (χ3n) is 3.32. The highest BCUT2D eigenvalue weighted by molar-refractivity contribution is 5.95. The minimum atomic E-state index is -4.78. The molecule has 1 amide bonds. The highest BCUT2D eigenvalue weighted by Crippen LogP contribution is 2.30. The average Bonchev–Trinajstić information content (AvgIpc) is 2.66. The molecule has 2 aromatic carbocycles. The van der Waals surface area contributed by atoms with Gasteiger partial charge in [-0.3, -0.25) is 4.79 Å². The van der Waals surface area contributed by atoms with E-state index in [2.05, 4.69) is 4.74 Å². The van der Waals surface area contributed by atoms with Gasteiger partial charge >= 0.3 is 6.36 Å². The van der Waals surface area contributed by atoms with Crippen LogP contribution in [0.3, 0.4) is 0 Å². The number of rotatable bonds is 2. The predicted molar refractivity (Wildman–Crippen MR) is 76.3 cm³/mol. The van der Waals surface area contributed by atoms with Gasteiger partial charge in [0.2, 0.25) is 0 Å². The van der Waals surface area contributed by atoms with Gasteiger partial charge in [0.05, 0.1) is 6.54 Å². The van der Waals surface area contributed by atoms with Crippen LogP contribution < -0.4 is 14.4 Å². The van der Waals surface area contributed by atoms with Crippen LogP contribution in [0.2, 0.25) is 0 Å². The number of carbonyl (C=O) groups is 1. The van der Waals surface area contributed by atoms with E-state index in [9.17, 15) is 18.0 Å². The molecule has 120 valence electrons. The van der Waals surface area contributed by atoms with Gasteiger partial charge in [-0.25, -0.2) is 0 Å². The number of benzene rings is 2. The molecule has 0 unspecified atom stereocenters. The van der Waals surface area contributed by atoms with E-state index in [4.69, 9.17) is 4.74 Å². The molecule has 3 rings (SSSR count). The first-order valence-corrected chi connectivity index (χ1v) is 6.79. The fraction of sp³-hybridized carbons (Fsp3) is 0.188. The molecule has 0 bridgehead atoms. The molecule has 7 heteroatoms. The van der Waals surface area contributed by atoms with E-state index in [0.29, 0.717) is 11.4 Å². The summed E-state index contributed by atoms with van der Waals surface area (Å²) in [7, 11) is 0. The third kappa shape index (κ3) is 3.56. The molecule has 0 saturated carbocycles. The molecule has 1 heterocycles. The van der Waals surface area contributed by atoms with E-state index in [0.717, 1.165) is 5.56 Å². The Labute approximate surface area is 130 Å². The van der Waals surface area contributed by atoms with Crippen LogP contribution in [-0.2, 0) is 11.3 Å². The van der Waals surface area contributed by atoms with Crippen molar-refractivity contribution in [3.05, 3.63) is 54.1 Å². The molecule has 1 aliphatic heterocycles. The van der Waals surface area contributed by atoms with E-state index in [1.54, 1.807) is 30.3 Å². The number of hydrogen-bond acceptors (Lipinski definition) is 3. The quantitative estimate of drug-likeness (QED) is 0.849. The van der Waals surface area contributed by atoms with Crippen molar-refractivity contribution < 1.29 is 27.4 Å². The smallest absolute Gasteiger partial charge is 0.483 e. The summed E-state index contributed by atoms with van der Waals surface area (Å²) in [5.41, 5.74) is 1.09. The molecule has 23 heavy (non-hydrogen) atoms. The van der Waals surface area contributed by atoms with Gasteiger partial charge in [0, 0.05) is 17.3 Å². The standard InChI is InChI=1S/C16H12F3NO3/c17-16(18,19)23-13-6-3-5-12(8-13)20-9-11-4-1-2-7-14(11)22-10-15(20)21/h1-8H,9-10H2. The van der Waals surface area contributed by atoms with Crippen molar-refractivity contribution in [2.24, 2.45) is 0 Å². The lowest BCUT2D eigenvalue weighted by Gasteiger charge is -2.21. The lowest BCUT2D eigenvalue weighted by molar-refractivity contribution is -0.274. The maximum atomic E-state index is 12.3. The van der Waals surface area contributed by atoms with Crippen molar-refractivity contribution in [1.82, 2.24) is 0 Å². The van der Waals surface area contributed by atoms with Crippen LogP contribution >= 0.6 is 0 Å². The van der Waals surface area contributed by atoms with Gasteiger partial charge in [0.1, 0.15) is 11.5 Å². The number of fused-ring (bicyclic) bond motifs is 1. The summed E-state index contributed by atoms with van der Waals surface area (Å²) in [6.07, 6.45) is -4.78. The number of amides is 1. The largest absolute Gasteiger partial charge is 0.573 e. The first kappa shape index (κ1) is 15.2. The summed E-state index contributed by atoms with van der Waals surface area (Å²) in [5.74, 6) is -0.127. The lowest BCUT2D eigenvalue weighted by atomic mass is 10.2. The topological polar surface area (TPSA) is 38.8 Å². The maximum Gasteiger partial charge on any atom is 0.573 e. The Morgan fingerprint density at radius 3 is 2.65 bits per heavy atom. The van der Waals surface area contributed by atoms with Crippen molar-refractivity contribution in [2.45, 2.75) is 12.9 Å². The lowest BCUT2D eigenvalue weighted by Crippen LogP contribution is -2.32. The Kier molecular flexibility index (Phi) is 3.85. The SMILES string of the molecule is O=C1COc2ccccc2CN1c1cccc(OC(F)(F)F)c1. The molecular weight excluding hydrogens is 311 g/mol. The number of nitrogens with zero attached hydrogens (tertiary/aromatic N) is 1. The van der Waals surface area contributed by atoms with Crippen molar-refractivity contribution in [3.8, 4) is 11.5 Å². The normalized spacial score (nSPS) is 14.7. The number of para-hydroxylation sites is 1. The molecular formula is C16H12F3NO3. The van der Waals surface area contributed by atoms with Crippen LogP contribution in [0.5, 0.6) is 11.5 Å². The van der Waals surface area contributed by atoms with E-state index < -0.39 is 6.36 Å². The molecule has 0 saturated heterocycles. The highest BCUT2D eigenvalue weighted by Gasteiger charge is 2.31. The zero-order chi connectivity index (χ0) is 16.4. The number of alkyl halides is 3. The minimum Gasteiger partial charge on any atom is -0.483 e. The Bertz CT molecular complexity index is 731. The van der Waals surface area contributed by atoms with Crippen LogP contribution in [0.4, 0.5) is 18.9 Å². The fourth-order valence-corrected chi connectivity index (χ4v) is 2.33. The molecule has 0 aromatic heterocycles. The van der Waals surface area contributed by atoms with Gasteiger partial charge < -0.3 is 14.4 Å². The van der Waals surface area contributed by atoms with Crippen molar-refractivity contribution in [1.29, 1.82) is 0 Å². The van der Waals surface area contributed by atoms with Gasteiger partial charge in [-0.15, -0.1) is 13.2 Å². The second kappa shape index (κ2) is 5.83. The molecule has 0 atom stereocenters. The zero-order valence-electron chi connectivity index (χ0n) is 11.8. The van der Waals surface area contributed by atoms with Crippen LogP contribution in [-0.4, -0.2) is 18.9 Å². The average molecular weight is 323 g/mol. The van der Waals surface area contributed by atoms with Crippen LogP contribution in [0.15, 0.2) is 48.5 Å². The number of ether oxygens (including phenoxy) is 2. The summed E-state index contributed by atoms with van der Waals surface area (Å²) in [6.45, 7) is 0.0336. The Balaban J connectivity index is 1.91. The maximum absolute atomic E-state index is 12.3. The van der Waals surface area contributed by atoms with Gasteiger partial charge in [-0.1, -0.05) is 24.3 Å². The first-order chi connectivity index (χ1) is 10.9. The van der Waals surface area contributed by atoms with Crippen molar-refractivity contribution in [3.63, 3.8) is 0 Å². The van der Waals surface area contributed by atoms with Crippen LogP contribution in [0, 0.1) is 0 Å². The number of halogens is 3. The second-order valence-corrected chi connectivity index (χ2v) is 4.92. The van der Waals surface area contributed by atoms with E-state index >= 15 is 0 Å². The third-order valence-corrected chi connectivity index (χ3v) is 3.32. The molecule has 1 aliphatic rings. The van der Waals surface area contributed by atoms with Crippen LogP contribution in [0.25, 0.3) is 0 Å². The highest BCUT2D eigenvalue weighted by atomic mass is 19.4. The number of hydrogen-bond donors (Lipinski definition) is 0. The number of carbonyl (C=O) groups excluding carboxylic acids is 1. The Morgan fingerprint density at radius 1 is 1.09 bits per heavy atom.